The Bertz CT molecular complexity index is 400. The zero-order chi connectivity index (χ0) is 12.4. The second kappa shape index (κ2) is 4.75. The van der Waals surface area contributed by atoms with Gasteiger partial charge in [0, 0.05) is 31.9 Å². The molecule has 4 nitrogen and oxygen atoms in total. The zero-order valence-corrected chi connectivity index (χ0v) is 10.4. The number of amides is 1. The van der Waals surface area contributed by atoms with Gasteiger partial charge in [0.15, 0.2) is 0 Å². The minimum absolute atomic E-state index is 0.0539. The molecule has 92 valence electrons. The van der Waals surface area contributed by atoms with Gasteiger partial charge in [-0.15, -0.1) is 0 Å². The summed E-state index contributed by atoms with van der Waals surface area (Å²) < 4.78 is 0. The van der Waals surface area contributed by atoms with Crippen molar-refractivity contribution in [3.05, 3.63) is 29.8 Å². The van der Waals surface area contributed by atoms with Crippen LogP contribution in [0.1, 0.15) is 18.5 Å². The second-order valence-corrected chi connectivity index (χ2v) is 4.62. The Hall–Kier alpha value is -1.55. The van der Waals surface area contributed by atoms with Crippen molar-refractivity contribution in [2.45, 2.75) is 13.0 Å². The summed E-state index contributed by atoms with van der Waals surface area (Å²) in [5, 5.41) is 0. The Morgan fingerprint density at radius 2 is 1.88 bits per heavy atom. The highest BCUT2D eigenvalue weighted by Crippen LogP contribution is 2.19. The van der Waals surface area contributed by atoms with Crippen LogP contribution in [-0.4, -0.2) is 37.5 Å². The first-order valence-electron chi connectivity index (χ1n) is 5.92. The van der Waals surface area contributed by atoms with Crippen LogP contribution in [0.15, 0.2) is 24.3 Å². The molecule has 0 aromatic heterocycles. The number of hydrogen-bond acceptors (Lipinski definition) is 3. The Balaban J connectivity index is 2.10. The van der Waals surface area contributed by atoms with Crippen molar-refractivity contribution in [3.8, 4) is 0 Å². The number of carbonyl (C=O) groups excluding carboxylic acids is 1. The fraction of sp³-hybridized carbons (Fsp3) is 0.462. The summed E-state index contributed by atoms with van der Waals surface area (Å²) in [4.78, 5) is 15.5. The highest BCUT2D eigenvalue weighted by atomic mass is 16.2. The second-order valence-electron chi connectivity index (χ2n) is 4.62. The first kappa shape index (κ1) is 11.9. The minimum Gasteiger partial charge on any atom is -0.360 e. The number of nitrogens with two attached hydrogens (primary N) is 1. The molecule has 4 heteroatoms. The molecule has 1 saturated heterocycles. The van der Waals surface area contributed by atoms with Crippen LogP contribution < -0.4 is 10.6 Å². The van der Waals surface area contributed by atoms with Gasteiger partial charge in [0.25, 0.3) is 0 Å². The first-order chi connectivity index (χ1) is 8.08. The summed E-state index contributed by atoms with van der Waals surface area (Å²) in [7, 11) is 1.85. The van der Waals surface area contributed by atoms with E-state index in [2.05, 4.69) is 4.90 Å². The van der Waals surface area contributed by atoms with E-state index in [1.165, 1.54) is 0 Å². The molecule has 1 amide bonds. The van der Waals surface area contributed by atoms with E-state index in [-0.39, 0.29) is 11.9 Å². The number of hydrogen-bond donors (Lipinski definition) is 1. The fourth-order valence-electron chi connectivity index (χ4n) is 1.97. The normalized spacial score (nSPS) is 18.4. The van der Waals surface area contributed by atoms with Crippen LogP contribution >= 0.6 is 0 Å². The average Bonchev–Trinajstić information content (AvgIpc) is 2.33. The molecule has 1 heterocycles. The maximum absolute atomic E-state index is 11.6. The lowest BCUT2D eigenvalue weighted by molar-refractivity contribution is -0.129. The van der Waals surface area contributed by atoms with Crippen molar-refractivity contribution in [1.29, 1.82) is 0 Å². The van der Waals surface area contributed by atoms with Crippen LogP contribution in [0.5, 0.6) is 0 Å². The van der Waals surface area contributed by atoms with Gasteiger partial charge in [-0.2, -0.15) is 0 Å². The third kappa shape index (κ3) is 2.58. The predicted molar refractivity (Wildman–Crippen MR) is 68.9 cm³/mol. The quantitative estimate of drug-likeness (QED) is 0.828. The van der Waals surface area contributed by atoms with Gasteiger partial charge in [-0.25, -0.2) is 0 Å². The van der Waals surface area contributed by atoms with E-state index in [9.17, 15) is 4.79 Å². The molecule has 2 rings (SSSR count). The largest absolute Gasteiger partial charge is 0.360 e. The van der Waals surface area contributed by atoms with E-state index in [4.69, 9.17) is 5.73 Å². The number of anilines is 1. The fourth-order valence-corrected chi connectivity index (χ4v) is 1.97. The van der Waals surface area contributed by atoms with Gasteiger partial charge in [-0.3, -0.25) is 4.79 Å². The van der Waals surface area contributed by atoms with Crippen molar-refractivity contribution in [2.24, 2.45) is 5.73 Å². The summed E-state index contributed by atoms with van der Waals surface area (Å²) >= 11 is 0. The van der Waals surface area contributed by atoms with Crippen LogP contribution in [0, 0.1) is 0 Å². The summed E-state index contributed by atoms with van der Waals surface area (Å²) in [6.45, 7) is 4.11. The number of rotatable bonds is 2. The molecule has 0 spiro atoms. The van der Waals surface area contributed by atoms with E-state index in [0.29, 0.717) is 6.54 Å². The van der Waals surface area contributed by atoms with E-state index in [1.54, 1.807) is 4.90 Å². The molecule has 1 aromatic rings. The van der Waals surface area contributed by atoms with Crippen molar-refractivity contribution >= 4 is 11.6 Å². The monoisotopic (exact) mass is 233 g/mol. The van der Waals surface area contributed by atoms with Crippen LogP contribution in [0.3, 0.4) is 0 Å². The number of nitrogens with zero attached hydrogens (tertiary/aromatic N) is 2. The van der Waals surface area contributed by atoms with Crippen molar-refractivity contribution < 1.29 is 4.79 Å². The molecular formula is C13H19N3O. The van der Waals surface area contributed by atoms with Gasteiger partial charge in [0.2, 0.25) is 5.91 Å². The minimum atomic E-state index is 0.0539. The molecule has 0 radical (unpaired) electrons. The van der Waals surface area contributed by atoms with Crippen molar-refractivity contribution in [3.63, 3.8) is 0 Å². The van der Waals surface area contributed by atoms with Crippen LogP contribution in [0.2, 0.25) is 0 Å². The smallest absolute Gasteiger partial charge is 0.241 e. The molecule has 0 aliphatic carbocycles. The van der Waals surface area contributed by atoms with Crippen LogP contribution in [-0.2, 0) is 4.79 Å². The first-order valence-corrected chi connectivity index (χ1v) is 5.92. The lowest BCUT2D eigenvalue weighted by Crippen LogP contribution is -2.48. The number of piperazine rings is 1. The molecule has 1 fully saturated rings. The van der Waals surface area contributed by atoms with Crippen LogP contribution in [0.25, 0.3) is 0 Å². The van der Waals surface area contributed by atoms with Gasteiger partial charge < -0.3 is 15.5 Å². The Morgan fingerprint density at radius 3 is 2.41 bits per heavy atom. The SMILES string of the molecule is CC(N)c1ccc(N2CCN(C)C(=O)C2)cc1. The van der Waals surface area contributed by atoms with E-state index in [0.717, 1.165) is 24.3 Å². The molecular weight excluding hydrogens is 214 g/mol. The molecule has 1 aliphatic rings. The molecule has 0 bridgehead atoms. The van der Waals surface area contributed by atoms with Gasteiger partial charge in [-0.05, 0) is 24.6 Å². The Kier molecular flexibility index (Phi) is 3.33. The number of benzene rings is 1. The van der Waals surface area contributed by atoms with Gasteiger partial charge in [0.1, 0.15) is 0 Å². The molecule has 0 saturated carbocycles. The topological polar surface area (TPSA) is 49.6 Å². The lowest BCUT2D eigenvalue weighted by Gasteiger charge is -2.33. The van der Waals surface area contributed by atoms with Crippen molar-refractivity contribution in [2.75, 3.05) is 31.6 Å². The van der Waals surface area contributed by atoms with Gasteiger partial charge in [-0.1, -0.05) is 12.1 Å². The van der Waals surface area contributed by atoms with Crippen molar-refractivity contribution in [1.82, 2.24) is 4.90 Å². The molecule has 1 atom stereocenters. The molecule has 2 N–H and O–H groups in total. The third-order valence-electron chi connectivity index (χ3n) is 3.24. The summed E-state index contributed by atoms with van der Waals surface area (Å²) in [5.41, 5.74) is 8.02. The standard InChI is InChI=1S/C13H19N3O/c1-10(14)11-3-5-12(6-4-11)16-8-7-15(2)13(17)9-16/h3-6,10H,7-9,14H2,1-2H3. The lowest BCUT2D eigenvalue weighted by atomic mass is 10.1. The zero-order valence-electron chi connectivity index (χ0n) is 10.4. The summed E-state index contributed by atoms with van der Waals surface area (Å²) in [5.74, 6) is 0.174. The third-order valence-corrected chi connectivity index (χ3v) is 3.24. The van der Waals surface area contributed by atoms with E-state index < -0.39 is 0 Å². The number of carbonyl (C=O) groups is 1. The Labute approximate surface area is 102 Å². The summed E-state index contributed by atoms with van der Waals surface area (Å²) in [6.07, 6.45) is 0. The molecule has 1 unspecified atom stereocenters. The highest BCUT2D eigenvalue weighted by Gasteiger charge is 2.20. The average molecular weight is 233 g/mol. The van der Waals surface area contributed by atoms with E-state index in [1.807, 2.05) is 38.2 Å². The maximum atomic E-state index is 11.6. The van der Waals surface area contributed by atoms with Crippen LogP contribution in [0.4, 0.5) is 5.69 Å². The predicted octanol–water partition coefficient (Wildman–Crippen LogP) is 0.985. The molecule has 1 aliphatic heterocycles. The highest BCUT2D eigenvalue weighted by molar-refractivity contribution is 5.82. The van der Waals surface area contributed by atoms with E-state index >= 15 is 0 Å². The Morgan fingerprint density at radius 1 is 1.24 bits per heavy atom. The van der Waals surface area contributed by atoms with Gasteiger partial charge >= 0.3 is 0 Å². The number of likely N-dealkylation sites (N-methyl/N-ethyl adjacent to an activating group) is 1. The maximum Gasteiger partial charge on any atom is 0.241 e. The van der Waals surface area contributed by atoms with Gasteiger partial charge in [0.05, 0.1) is 6.54 Å². The molecule has 17 heavy (non-hydrogen) atoms. The molecule has 1 aromatic carbocycles. The summed E-state index contributed by atoms with van der Waals surface area (Å²) in [6, 6.07) is 8.19.